The first-order valence-corrected chi connectivity index (χ1v) is 18.3. The van der Waals surface area contributed by atoms with E-state index in [4.69, 9.17) is 9.47 Å². The van der Waals surface area contributed by atoms with Gasteiger partial charge in [0.25, 0.3) is 0 Å². The molecule has 2 atom stereocenters. The molecule has 0 saturated carbocycles. The van der Waals surface area contributed by atoms with Crippen LogP contribution in [0.2, 0.25) is 0 Å². The van der Waals surface area contributed by atoms with E-state index in [0.717, 1.165) is 51.4 Å². The number of ether oxygens (including phenoxy) is 2. The van der Waals surface area contributed by atoms with Crippen molar-refractivity contribution in [3.8, 4) is 0 Å². The van der Waals surface area contributed by atoms with Crippen LogP contribution < -0.4 is 0 Å². The number of likely N-dealkylation sites (N-methyl/N-ethyl adjacent to an activating group) is 2. The van der Waals surface area contributed by atoms with Gasteiger partial charge in [-0.1, -0.05) is 77.0 Å². The molecule has 242 valence electrons. The Kier molecular flexibility index (Phi) is 18.1. The van der Waals surface area contributed by atoms with Crippen molar-refractivity contribution < 1.29 is 47.1 Å². The lowest BCUT2D eigenvalue weighted by Crippen LogP contribution is -2.50. The zero-order valence-electron chi connectivity index (χ0n) is 26.9. The van der Waals surface area contributed by atoms with Crippen molar-refractivity contribution in [2.24, 2.45) is 0 Å². The number of methoxy groups -OCH3 is 2. The fourth-order valence-electron chi connectivity index (χ4n) is 5.61. The molecule has 0 amide bonds. The van der Waals surface area contributed by atoms with Gasteiger partial charge in [0.2, 0.25) is 10.7 Å². The number of quaternary nitrogens is 2. The topological polar surface area (TPSA) is 134 Å². The molecule has 40 heavy (non-hydrogen) atoms. The summed E-state index contributed by atoms with van der Waals surface area (Å²) >= 11 is 0. The van der Waals surface area contributed by atoms with Crippen LogP contribution in [0.15, 0.2) is 0 Å². The summed E-state index contributed by atoms with van der Waals surface area (Å²) in [5, 5.41) is -2.82. The molecule has 0 saturated heterocycles. The standard InChI is InChI=1S/C28H62N2O8P2/c1-29(2,3)25-27(37-7,39(31,32)33)23-21-19-17-15-13-11-9-10-12-14-16-18-20-22-24-28(38-8,40(34,35)36)26-30(4,5)6/h9-26H2,1-8H3,(H2-2,31,32,33,34,35,36)/p+2. The highest BCUT2D eigenvalue weighted by Gasteiger charge is 2.51. The summed E-state index contributed by atoms with van der Waals surface area (Å²) < 4.78 is 36.1. The minimum Gasteiger partial charge on any atom is -0.361 e. The summed E-state index contributed by atoms with van der Waals surface area (Å²) in [6.45, 7) is 0.547. The van der Waals surface area contributed by atoms with Crippen LogP contribution in [-0.4, -0.2) is 109 Å². The Morgan fingerprint density at radius 1 is 0.475 bits per heavy atom. The molecule has 2 unspecified atom stereocenters. The van der Waals surface area contributed by atoms with E-state index in [-0.39, 0.29) is 13.1 Å². The number of rotatable bonds is 25. The van der Waals surface area contributed by atoms with E-state index in [2.05, 4.69) is 0 Å². The summed E-state index contributed by atoms with van der Waals surface area (Å²) in [6.07, 6.45) is 15.9. The Hall–Kier alpha value is 0.140. The molecule has 0 spiro atoms. The molecule has 4 N–H and O–H groups in total. The van der Waals surface area contributed by atoms with Crippen molar-refractivity contribution in [1.82, 2.24) is 0 Å². The van der Waals surface area contributed by atoms with Gasteiger partial charge in [-0.05, 0) is 25.7 Å². The summed E-state index contributed by atoms with van der Waals surface area (Å²) in [6, 6.07) is 0. The first-order chi connectivity index (χ1) is 18.2. The highest BCUT2D eigenvalue weighted by atomic mass is 31.2. The third kappa shape index (κ3) is 16.1. The zero-order chi connectivity index (χ0) is 31.1. The molecule has 0 fully saturated rings. The number of unbranched alkanes of at least 4 members (excludes halogenated alkanes) is 13. The second-order valence-corrected chi connectivity index (χ2v) is 17.5. The van der Waals surface area contributed by atoms with E-state index in [1.54, 1.807) is 0 Å². The lowest BCUT2D eigenvalue weighted by Gasteiger charge is -2.38. The molecule has 0 aliphatic carbocycles. The van der Waals surface area contributed by atoms with E-state index < -0.39 is 25.9 Å². The second-order valence-electron chi connectivity index (χ2n) is 13.7. The minimum atomic E-state index is -4.39. The fourth-order valence-corrected chi connectivity index (χ4v) is 8.20. The van der Waals surface area contributed by atoms with Crippen LogP contribution in [0, 0.1) is 0 Å². The lowest BCUT2D eigenvalue weighted by atomic mass is 10.0. The number of hydrogen-bond donors (Lipinski definition) is 4. The zero-order valence-corrected chi connectivity index (χ0v) is 28.7. The molecule has 0 heterocycles. The molecular formula is C28H64N2O8P2+2. The van der Waals surface area contributed by atoms with Gasteiger partial charge in [-0.2, -0.15) is 0 Å². The quantitative estimate of drug-likeness (QED) is 0.0584. The molecule has 0 bridgehead atoms. The summed E-state index contributed by atoms with van der Waals surface area (Å²) in [5.41, 5.74) is 0. The van der Waals surface area contributed by atoms with E-state index >= 15 is 0 Å². The summed E-state index contributed by atoms with van der Waals surface area (Å²) in [7, 11) is 5.56. The van der Waals surface area contributed by atoms with Gasteiger partial charge in [0.1, 0.15) is 13.1 Å². The van der Waals surface area contributed by atoms with Crippen molar-refractivity contribution in [3.63, 3.8) is 0 Å². The molecule has 0 aliphatic heterocycles. The van der Waals surface area contributed by atoms with E-state index in [1.807, 2.05) is 42.3 Å². The molecule has 12 heteroatoms. The van der Waals surface area contributed by atoms with Crippen molar-refractivity contribution in [3.05, 3.63) is 0 Å². The maximum atomic E-state index is 12.2. The molecule has 0 aromatic rings. The number of nitrogens with zero attached hydrogens (tertiary/aromatic N) is 2. The second kappa shape index (κ2) is 18.1. The molecule has 0 rings (SSSR count). The molecule has 0 aromatic heterocycles. The largest absolute Gasteiger partial charge is 0.362 e. The van der Waals surface area contributed by atoms with Gasteiger partial charge >= 0.3 is 15.2 Å². The highest BCUT2D eigenvalue weighted by molar-refractivity contribution is 7.53. The fraction of sp³-hybridized carbons (Fsp3) is 1.00. The molecule has 10 nitrogen and oxygen atoms in total. The van der Waals surface area contributed by atoms with Gasteiger partial charge in [0, 0.05) is 14.2 Å². The third-order valence-electron chi connectivity index (χ3n) is 7.65. The smallest absolute Gasteiger partial charge is 0.361 e. The van der Waals surface area contributed by atoms with Crippen molar-refractivity contribution in [2.45, 2.75) is 113 Å². The Balaban J connectivity index is 3.98. The normalized spacial score (nSPS) is 16.6. The van der Waals surface area contributed by atoms with Crippen molar-refractivity contribution >= 4 is 15.2 Å². The predicted octanol–water partition coefficient (Wildman–Crippen LogP) is 5.68. The monoisotopic (exact) mass is 618 g/mol. The SMILES string of the molecule is COC(CCCCCCCCCCCCCCCCC(C[N+](C)(C)C)(OC)P(=O)(O)O)(C[N+](C)(C)C)P(=O)(O)O. The summed E-state index contributed by atoms with van der Waals surface area (Å²) in [5.74, 6) is 0. The van der Waals surface area contributed by atoms with Crippen LogP contribution >= 0.6 is 15.2 Å². The Bertz CT molecular complexity index is 711. The predicted molar refractivity (Wildman–Crippen MR) is 163 cm³/mol. The first-order valence-electron chi connectivity index (χ1n) is 15.1. The average molecular weight is 619 g/mol. The maximum absolute atomic E-state index is 12.2. The Morgan fingerprint density at radius 3 is 0.825 bits per heavy atom. The molecular weight excluding hydrogens is 554 g/mol. The Labute approximate surface area is 245 Å². The van der Waals surface area contributed by atoms with E-state index in [0.29, 0.717) is 21.8 Å². The Morgan fingerprint density at radius 2 is 0.675 bits per heavy atom. The van der Waals surface area contributed by atoms with Gasteiger partial charge < -0.3 is 38.0 Å². The van der Waals surface area contributed by atoms with Crippen LogP contribution in [0.4, 0.5) is 0 Å². The van der Waals surface area contributed by atoms with Crippen LogP contribution in [0.3, 0.4) is 0 Å². The highest BCUT2D eigenvalue weighted by Crippen LogP contribution is 2.55. The van der Waals surface area contributed by atoms with Crippen LogP contribution in [0.5, 0.6) is 0 Å². The third-order valence-corrected chi connectivity index (χ3v) is 10.9. The van der Waals surface area contributed by atoms with Gasteiger partial charge in [0.15, 0.2) is 0 Å². The van der Waals surface area contributed by atoms with E-state index in [9.17, 15) is 28.7 Å². The van der Waals surface area contributed by atoms with Crippen LogP contribution in [0.1, 0.15) is 103 Å². The van der Waals surface area contributed by atoms with Crippen LogP contribution in [-0.2, 0) is 18.6 Å². The van der Waals surface area contributed by atoms with Gasteiger partial charge in [0.05, 0.1) is 42.3 Å². The van der Waals surface area contributed by atoms with Gasteiger partial charge in [-0.3, -0.25) is 9.13 Å². The van der Waals surface area contributed by atoms with Crippen molar-refractivity contribution in [2.75, 3.05) is 69.6 Å². The van der Waals surface area contributed by atoms with Gasteiger partial charge in [-0.25, -0.2) is 0 Å². The molecule has 0 aromatic carbocycles. The summed E-state index contributed by atoms with van der Waals surface area (Å²) in [4.78, 5) is 39.8. The molecule has 0 aliphatic rings. The molecule has 0 radical (unpaired) electrons. The minimum absolute atomic E-state index is 0.274. The maximum Gasteiger partial charge on any atom is 0.362 e. The lowest BCUT2D eigenvalue weighted by molar-refractivity contribution is -0.875. The average Bonchev–Trinajstić information content (AvgIpc) is 2.79. The van der Waals surface area contributed by atoms with Crippen molar-refractivity contribution in [1.29, 1.82) is 0 Å². The number of hydrogen-bond acceptors (Lipinski definition) is 4. The van der Waals surface area contributed by atoms with E-state index in [1.165, 1.54) is 52.7 Å². The van der Waals surface area contributed by atoms with Gasteiger partial charge in [-0.15, -0.1) is 0 Å². The van der Waals surface area contributed by atoms with Crippen LogP contribution in [0.25, 0.3) is 0 Å². The first kappa shape index (κ1) is 40.1.